The number of amides is 2. The van der Waals surface area contributed by atoms with Crippen LogP contribution in [0.5, 0.6) is 5.75 Å². The molecule has 10 heteroatoms. The highest BCUT2D eigenvalue weighted by atomic mass is 32.2. The lowest BCUT2D eigenvalue weighted by molar-refractivity contribution is 0.166. The van der Waals surface area contributed by atoms with Crippen LogP contribution in [0.1, 0.15) is 25.3 Å². The van der Waals surface area contributed by atoms with E-state index >= 15 is 0 Å². The average molecular weight is 367 g/mol. The van der Waals surface area contributed by atoms with Crippen molar-refractivity contribution in [3.63, 3.8) is 0 Å². The van der Waals surface area contributed by atoms with Crippen LogP contribution in [0.25, 0.3) is 0 Å². The number of ether oxygens (including phenoxy) is 1. The van der Waals surface area contributed by atoms with Gasteiger partial charge in [-0.25, -0.2) is 4.79 Å². The molecular weight excluding hydrogens is 346 g/mol. The van der Waals surface area contributed by atoms with Gasteiger partial charge in [-0.05, 0) is 31.9 Å². The van der Waals surface area contributed by atoms with Crippen LogP contribution in [0.2, 0.25) is 0 Å². The molecule has 2 aliphatic heterocycles. The van der Waals surface area contributed by atoms with Gasteiger partial charge in [-0.15, -0.1) is 4.40 Å². The third-order valence-electron chi connectivity index (χ3n) is 4.14. The first kappa shape index (κ1) is 17.3. The fraction of sp³-hybridized carbons (Fsp3) is 0.467. The Morgan fingerprint density at radius 2 is 2.32 bits per heavy atom. The third-order valence-corrected chi connectivity index (χ3v) is 5.05. The van der Waals surface area contributed by atoms with E-state index in [2.05, 4.69) is 14.4 Å². The van der Waals surface area contributed by atoms with E-state index in [1.165, 1.54) is 0 Å². The summed E-state index contributed by atoms with van der Waals surface area (Å²) < 4.78 is 34.9. The van der Waals surface area contributed by atoms with Crippen LogP contribution in [0.3, 0.4) is 0 Å². The molecule has 0 aromatic heterocycles. The molecule has 2 aliphatic rings. The molecule has 1 saturated heterocycles. The number of amidine groups is 1. The van der Waals surface area contributed by atoms with Crippen molar-refractivity contribution < 1.29 is 17.9 Å². The van der Waals surface area contributed by atoms with Gasteiger partial charge in [-0.1, -0.05) is 6.07 Å². The van der Waals surface area contributed by atoms with Crippen LogP contribution in [0.15, 0.2) is 22.6 Å². The van der Waals surface area contributed by atoms with Crippen LogP contribution in [-0.4, -0.2) is 50.9 Å². The van der Waals surface area contributed by atoms with Gasteiger partial charge in [0.2, 0.25) is 0 Å². The highest BCUT2D eigenvalue weighted by Gasteiger charge is 2.30. The highest BCUT2D eigenvalue weighted by molar-refractivity contribution is 7.91. The summed E-state index contributed by atoms with van der Waals surface area (Å²) >= 11 is 0. The maximum absolute atomic E-state index is 12.1. The van der Waals surface area contributed by atoms with Crippen LogP contribution < -0.4 is 20.5 Å². The zero-order valence-corrected chi connectivity index (χ0v) is 14.7. The third kappa shape index (κ3) is 3.63. The van der Waals surface area contributed by atoms with Crippen LogP contribution >= 0.6 is 0 Å². The minimum absolute atomic E-state index is 0.0409. The number of nitrogens with zero attached hydrogens (tertiary/aromatic N) is 2. The summed E-state index contributed by atoms with van der Waals surface area (Å²) in [6.07, 6.45) is 1.77. The van der Waals surface area contributed by atoms with Gasteiger partial charge in [0.1, 0.15) is 12.4 Å². The van der Waals surface area contributed by atoms with Crippen LogP contribution in [0.4, 0.5) is 10.5 Å². The Labute approximate surface area is 146 Å². The van der Waals surface area contributed by atoms with E-state index in [-0.39, 0.29) is 17.9 Å². The van der Waals surface area contributed by atoms with Gasteiger partial charge in [0.25, 0.3) is 0 Å². The largest absolute Gasteiger partial charge is 0.491 e. The zero-order valence-electron chi connectivity index (χ0n) is 13.9. The first-order valence-corrected chi connectivity index (χ1v) is 9.54. The molecule has 1 aromatic carbocycles. The van der Waals surface area contributed by atoms with Gasteiger partial charge >= 0.3 is 16.2 Å². The van der Waals surface area contributed by atoms with Crippen molar-refractivity contribution in [2.75, 3.05) is 24.4 Å². The Balaban J connectivity index is 1.76. The van der Waals surface area contributed by atoms with E-state index in [0.717, 1.165) is 12.8 Å². The minimum Gasteiger partial charge on any atom is -0.491 e. The van der Waals surface area contributed by atoms with E-state index in [4.69, 9.17) is 10.5 Å². The first-order valence-electron chi connectivity index (χ1n) is 8.10. The number of anilines is 1. The van der Waals surface area contributed by atoms with Crippen molar-refractivity contribution in [1.29, 1.82) is 0 Å². The molecule has 0 aliphatic carbocycles. The Morgan fingerprint density at radius 3 is 3.08 bits per heavy atom. The molecule has 1 fully saturated rings. The molecule has 0 unspecified atom stereocenters. The maximum atomic E-state index is 12.1. The van der Waals surface area contributed by atoms with Crippen molar-refractivity contribution in [2.24, 2.45) is 10.1 Å². The molecule has 2 heterocycles. The molecule has 3 rings (SSSR count). The molecule has 0 saturated carbocycles. The first-order chi connectivity index (χ1) is 11.9. The molecule has 0 spiro atoms. The Bertz CT molecular complexity index is 808. The molecule has 9 nitrogen and oxygen atoms in total. The van der Waals surface area contributed by atoms with Crippen molar-refractivity contribution in [1.82, 2.24) is 10.2 Å². The van der Waals surface area contributed by atoms with Crippen LogP contribution in [0, 0.1) is 0 Å². The smallest absolute Gasteiger partial charge is 0.344 e. The predicted molar refractivity (Wildman–Crippen MR) is 94.0 cm³/mol. The van der Waals surface area contributed by atoms with Gasteiger partial charge in [0.05, 0.1) is 17.3 Å². The number of hydrogen-bond donors (Lipinski definition) is 3. The predicted octanol–water partition coefficient (Wildman–Crippen LogP) is 0.635. The molecule has 25 heavy (non-hydrogen) atoms. The Morgan fingerprint density at radius 1 is 1.52 bits per heavy atom. The van der Waals surface area contributed by atoms with Crippen molar-refractivity contribution >= 4 is 27.8 Å². The van der Waals surface area contributed by atoms with E-state index in [9.17, 15) is 13.2 Å². The molecule has 4 N–H and O–H groups in total. The molecular formula is C15H21N5O4S. The molecule has 2 amide bonds. The Hall–Kier alpha value is -2.49. The second-order valence-electron chi connectivity index (χ2n) is 5.87. The van der Waals surface area contributed by atoms with E-state index in [0.29, 0.717) is 36.7 Å². The quantitative estimate of drug-likeness (QED) is 0.720. The number of carbonyl (C=O) groups is 1. The van der Waals surface area contributed by atoms with E-state index in [1.54, 1.807) is 23.1 Å². The van der Waals surface area contributed by atoms with Crippen molar-refractivity contribution in [3.8, 4) is 5.75 Å². The topological polar surface area (TPSA) is 126 Å². The summed E-state index contributed by atoms with van der Waals surface area (Å²) in [5, 5.41) is 2.80. The normalized spacial score (nSPS) is 21.1. The van der Waals surface area contributed by atoms with E-state index in [1.807, 2.05) is 6.92 Å². The van der Waals surface area contributed by atoms with Crippen molar-refractivity contribution in [2.45, 2.75) is 25.8 Å². The summed E-state index contributed by atoms with van der Waals surface area (Å²) in [4.78, 5) is 13.8. The minimum atomic E-state index is -3.82. The molecule has 1 atom stereocenters. The SMILES string of the molecule is CCNC(=O)N1CCC[C@H]1COc1cccc2c1C(N)=NS(=O)(=O)N2. The summed E-state index contributed by atoms with van der Waals surface area (Å²) in [7, 11) is -3.82. The van der Waals surface area contributed by atoms with E-state index < -0.39 is 10.2 Å². The fourth-order valence-electron chi connectivity index (χ4n) is 3.05. The standard InChI is InChI=1S/C15H21N5O4S/c1-2-17-15(21)20-8-4-5-10(20)9-24-12-7-3-6-11-13(12)14(16)19-25(22,23)18-11/h3,6-7,10,18H,2,4-5,8-9H2,1H3,(H2,16,19)(H,17,21)/t10-/m0/s1. The molecule has 0 radical (unpaired) electrons. The lowest BCUT2D eigenvalue weighted by atomic mass is 10.1. The number of urea groups is 1. The van der Waals surface area contributed by atoms with Gasteiger partial charge in [-0.2, -0.15) is 8.42 Å². The number of rotatable bonds is 4. The zero-order chi connectivity index (χ0) is 18.0. The average Bonchev–Trinajstić information content (AvgIpc) is 3.00. The van der Waals surface area contributed by atoms with Gasteiger partial charge in [0, 0.05) is 13.1 Å². The molecule has 0 bridgehead atoms. The number of carbonyl (C=O) groups excluding carboxylic acids is 1. The monoisotopic (exact) mass is 367 g/mol. The van der Waals surface area contributed by atoms with Gasteiger partial charge in [0.15, 0.2) is 5.84 Å². The van der Waals surface area contributed by atoms with Crippen LogP contribution in [-0.2, 0) is 10.2 Å². The van der Waals surface area contributed by atoms with Gasteiger partial charge < -0.3 is 20.7 Å². The second kappa shape index (κ2) is 6.79. The number of hydrogen-bond acceptors (Lipinski definition) is 5. The lowest BCUT2D eigenvalue weighted by Crippen LogP contribution is -2.45. The number of benzene rings is 1. The summed E-state index contributed by atoms with van der Waals surface area (Å²) in [6.45, 7) is 3.44. The fourth-order valence-corrected chi connectivity index (χ4v) is 3.90. The number of nitrogens with one attached hydrogen (secondary N) is 2. The molecule has 1 aromatic rings. The van der Waals surface area contributed by atoms with Gasteiger partial charge in [-0.3, -0.25) is 4.72 Å². The highest BCUT2D eigenvalue weighted by Crippen LogP contribution is 2.31. The maximum Gasteiger partial charge on any atom is 0.344 e. The Kier molecular flexibility index (Phi) is 4.71. The summed E-state index contributed by atoms with van der Waals surface area (Å²) in [5.41, 5.74) is 6.55. The number of nitrogens with two attached hydrogens (primary N) is 1. The summed E-state index contributed by atoms with van der Waals surface area (Å²) in [5.74, 6) is 0.320. The van der Waals surface area contributed by atoms with Crippen molar-refractivity contribution in [3.05, 3.63) is 23.8 Å². The summed E-state index contributed by atoms with van der Waals surface area (Å²) in [6, 6.07) is 4.83. The molecule has 136 valence electrons. The number of fused-ring (bicyclic) bond motifs is 1. The second-order valence-corrected chi connectivity index (χ2v) is 7.21. The number of likely N-dealkylation sites (tertiary alicyclic amines) is 1. The lowest BCUT2D eigenvalue weighted by Gasteiger charge is -2.26.